The second-order valence-corrected chi connectivity index (χ2v) is 5.55. The van der Waals surface area contributed by atoms with Crippen LogP contribution in [-0.4, -0.2) is 5.50 Å². The highest BCUT2D eigenvalue weighted by Crippen LogP contribution is 2.47. The molecule has 2 aromatic carbocycles. The van der Waals surface area contributed by atoms with Gasteiger partial charge in [0.05, 0.1) is 11.3 Å². The first-order chi connectivity index (χ1) is 9.47. The highest BCUT2D eigenvalue weighted by molar-refractivity contribution is 8.00. The van der Waals surface area contributed by atoms with Gasteiger partial charge in [-0.1, -0.05) is 30.0 Å². The summed E-state index contributed by atoms with van der Waals surface area (Å²) in [6.45, 7) is 0. The predicted octanol–water partition coefficient (Wildman–Crippen LogP) is 4.19. The number of hydrogen-bond acceptors (Lipinski definition) is 3. The van der Waals surface area contributed by atoms with Crippen molar-refractivity contribution in [1.82, 2.24) is 0 Å². The minimum absolute atomic E-state index is 0.420. The Bertz CT molecular complexity index is 628. The van der Waals surface area contributed by atoms with Crippen molar-refractivity contribution in [2.45, 2.75) is 16.6 Å². The quantitative estimate of drug-likeness (QED) is 0.855. The molecule has 0 aliphatic carbocycles. The second-order valence-electron chi connectivity index (χ2n) is 4.39. The Morgan fingerprint density at radius 1 is 1.05 bits per heavy atom. The molecule has 0 saturated carbocycles. The molecule has 1 aliphatic heterocycles. The van der Waals surface area contributed by atoms with Crippen LogP contribution >= 0.6 is 11.8 Å². The Labute approximate surface area is 118 Å². The lowest BCUT2D eigenvalue weighted by molar-refractivity contribution is -0.137. The van der Waals surface area contributed by atoms with Crippen molar-refractivity contribution in [2.75, 3.05) is 4.90 Å². The number of rotatable bonds is 1. The number of fused-ring (bicyclic) bond motifs is 1. The minimum Gasteiger partial charge on any atom is -0.315 e. The summed E-state index contributed by atoms with van der Waals surface area (Å²) in [5.74, 6) is 0. The largest absolute Gasteiger partial charge is 0.416 e. The number of anilines is 2. The third kappa shape index (κ3) is 2.25. The number of nitrogens with two attached hydrogens (primary N) is 1. The van der Waals surface area contributed by atoms with Gasteiger partial charge in [0.15, 0.2) is 0 Å². The standard InChI is InChI=1S/C14H11F3N2S/c15-14(16,17)9-6-7-11-12(8-9)20-13(18)19(11)10-4-2-1-3-5-10/h1-8,13H,18H2. The molecule has 0 fully saturated rings. The molecule has 0 aromatic heterocycles. The fraction of sp³-hybridized carbons (Fsp3) is 0.143. The Morgan fingerprint density at radius 3 is 2.40 bits per heavy atom. The molecular formula is C14H11F3N2S. The van der Waals surface area contributed by atoms with E-state index >= 15 is 0 Å². The molecule has 2 aromatic rings. The molecule has 1 heterocycles. The molecule has 2 N–H and O–H groups in total. The van der Waals surface area contributed by atoms with Gasteiger partial charge in [-0.15, -0.1) is 0 Å². The van der Waals surface area contributed by atoms with Crippen LogP contribution in [0.2, 0.25) is 0 Å². The van der Waals surface area contributed by atoms with Crippen LogP contribution < -0.4 is 10.6 Å². The molecule has 0 saturated heterocycles. The first kappa shape index (κ1) is 13.3. The summed E-state index contributed by atoms with van der Waals surface area (Å²) < 4.78 is 38.2. The lowest BCUT2D eigenvalue weighted by Crippen LogP contribution is -2.31. The van der Waals surface area contributed by atoms with Crippen molar-refractivity contribution in [2.24, 2.45) is 5.73 Å². The molecule has 6 heteroatoms. The van der Waals surface area contributed by atoms with E-state index in [9.17, 15) is 13.2 Å². The number of halogens is 3. The topological polar surface area (TPSA) is 29.3 Å². The lowest BCUT2D eigenvalue weighted by Gasteiger charge is -2.23. The molecule has 0 radical (unpaired) electrons. The zero-order chi connectivity index (χ0) is 14.3. The number of hydrogen-bond donors (Lipinski definition) is 1. The number of alkyl halides is 3. The normalized spacial score (nSPS) is 18.2. The van der Waals surface area contributed by atoms with Crippen LogP contribution in [0, 0.1) is 0 Å². The zero-order valence-corrected chi connectivity index (χ0v) is 11.1. The molecule has 1 unspecified atom stereocenters. The molecule has 2 nitrogen and oxygen atoms in total. The third-order valence-electron chi connectivity index (χ3n) is 3.08. The van der Waals surface area contributed by atoms with Crippen molar-refractivity contribution < 1.29 is 13.2 Å². The highest BCUT2D eigenvalue weighted by Gasteiger charge is 2.34. The molecular weight excluding hydrogens is 285 g/mol. The van der Waals surface area contributed by atoms with E-state index in [1.807, 2.05) is 35.2 Å². The van der Waals surface area contributed by atoms with E-state index < -0.39 is 17.2 Å². The van der Waals surface area contributed by atoms with E-state index in [-0.39, 0.29) is 0 Å². The van der Waals surface area contributed by atoms with E-state index in [0.29, 0.717) is 10.6 Å². The van der Waals surface area contributed by atoms with Gasteiger partial charge < -0.3 is 10.6 Å². The summed E-state index contributed by atoms with van der Waals surface area (Å²) in [6.07, 6.45) is -4.33. The average Bonchev–Trinajstić information content (AvgIpc) is 2.73. The number of para-hydroxylation sites is 1. The van der Waals surface area contributed by atoms with Crippen molar-refractivity contribution in [3.05, 3.63) is 54.1 Å². The third-order valence-corrected chi connectivity index (χ3v) is 4.12. The summed E-state index contributed by atoms with van der Waals surface area (Å²) in [5, 5.41) is 0. The molecule has 0 amide bonds. The Morgan fingerprint density at radius 2 is 1.75 bits per heavy atom. The van der Waals surface area contributed by atoms with Crippen LogP contribution in [0.3, 0.4) is 0 Å². The monoisotopic (exact) mass is 296 g/mol. The van der Waals surface area contributed by atoms with Crippen molar-refractivity contribution >= 4 is 23.1 Å². The molecule has 20 heavy (non-hydrogen) atoms. The van der Waals surface area contributed by atoms with Gasteiger partial charge in [-0.2, -0.15) is 13.2 Å². The van der Waals surface area contributed by atoms with E-state index in [4.69, 9.17) is 5.73 Å². The summed E-state index contributed by atoms with van der Waals surface area (Å²) in [4.78, 5) is 2.39. The van der Waals surface area contributed by atoms with Crippen LogP contribution in [0.25, 0.3) is 0 Å². The van der Waals surface area contributed by atoms with Crippen LogP contribution in [0.5, 0.6) is 0 Å². The fourth-order valence-electron chi connectivity index (χ4n) is 2.18. The van der Waals surface area contributed by atoms with Gasteiger partial charge in [-0.3, -0.25) is 0 Å². The first-order valence-corrected chi connectivity index (χ1v) is 6.82. The lowest BCUT2D eigenvalue weighted by atomic mass is 10.1. The van der Waals surface area contributed by atoms with E-state index in [1.165, 1.54) is 17.8 Å². The summed E-state index contributed by atoms with van der Waals surface area (Å²) in [6, 6.07) is 13.1. The van der Waals surface area contributed by atoms with Crippen LogP contribution in [0.1, 0.15) is 5.56 Å². The molecule has 1 aliphatic rings. The number of nitrogens with zero attached hydrogens (tertiary/aromatic N) is 1. The Kier molecular flexibility index (Phi) is 3.14. The summed E-state index contributed by atoms with van der Waals surface area (Å²) >= 11 is 1.23. The maximum Gasteiger partial charge on any atom is 0.416 e. The van der Waals surface area contributed by atoms with Gasteiger partial charge in [0.1, 0.15) is 5.50 Å². The SMILES string of the molecule is NC1Sc2cc(C(F)(F)F)ccc2N1c1ccccc1. The zero-order valence-electron chi connectivity index (χ0n) is 10.3. The first-order valence-electron chi connectivity index (χ1n) is 5.94. The van der Waals surface area contributed by atoms with Gasteiger partial charge >= 0.3 is 6.18 Å². The van der Waals surface area contributed by atoms with Gasteiger partial charge in [0.2, 0.25) is 0 Å². The number of benzene rings is 2. The number of thioether (sulfide) groups is 1. The predicted molar refractivity (Wildman–Crippen MR) is 73.9 cm³/mol. The molecule has 104 valence electrons. The maximum absolute atomic E-state index is 12.7. The average molecular weight is 296 g/mol. The van der Waals surface area contributed by atoms with Gasteiger partial charge in [-0.05, 0) is 30.3 Å². The Hall–Kier alpha value is -1.66. The van der Waals surface area contributed by atoms with Gasteiger partial charge in [-0.25, -0.2) is 0 Å². The molecule has 0 spiro atoms. The second kappa shape index (κ2) is 4.71. The van der Waals surface area contributed by atoms with Crippen LogP contribution in [0.15, 0.2) is 53.4 Å². The molecule has 3 rings (SSSR count). The highest BCUT2D eigenvalue weighted by atomic mass is 32.2. The van der Waals surface area contributed by atoms with Crippen LogP contribution in [-0.2, 0) is 6.18 Å². The summed E-state index contributed by atoms with van der Waals surface area (Å²) in [7, 11) is 0. The fourth-order valence-corrected chi connectivity index (χ4v) is 3.26. The van der Waals surface area contributed by atoms with E-state index in [0.717, 1.165) is 17.8 Å². The van der Waals surface area contributed by atoms with Gasteiger partial charge in [0, 0.05) is 10.6 Å². The Balaban J connectivity index is 2.04. The van der Waals surface area contributed by atoms with Crippen molar-refractivity contribution in [1.29, 1.82) is 0 Å². The smallest absolute Gasteiger partial charge is 0.315 e. The van der Waals surface area contributed by atoms with Crippen molar-refractivity contribution in [3.63, 3.8) is 0 Å². The molecule has 0 bridgehead atoms. The molecule has 1 atom stereocenters. The van der Waals surface area contributed by atoms with Crippen LogP contribution in [0.4, 0.5) is 24.5 Å². The van der Waals surface area contributed by atoms with Gasteiger partial charge in [0.25, 0.3) is 0 Å². The van der Waals surface area contributed by atoms with Crippen molar-refractivity contribution in [3.8, 4) is 0 Å². The van der Waals surface area contributed by atoms with E-state index in [2.05, 4.69) is 0 Å². The maximum atomic E-state index is 12.7. The van der Waals surface area contributed by atoms with E-state index in [1.54, 1.807) is 0 Å². The minimum atomic E-state index is -4.33. The summed E-state index contributed by atoms with van der Waals surface area (Å²) in [5.41, 5.74) is 6.54.